The Balaban J connectivity index is 0.945. The van der Waals surface area contributed by atoms with Crippen LogP contribution >= 0.6 is 0 Å². The summed E-state index contributed by atoms with van der Waals surface area (Å²) in [5, 5.41) is 2.73. The summed E-state index contributed by atoms with van der Waals surface area (Å²) in [7, 11) is -2.11. The molecule has 9 aromatic carbocycles. The van der Waals surface area contributed by atoms with Crippen molar-refractivity contribution >= 4 is 18.4 Å². The van der Waals surface area contributed by atoms with Gasteiger partial charge in [0.15, 0.2) is 5.82 Å². The minimum absolute atomic E-state index is 0.748. The van der Waals surface area contributed by atoms with Crippen molar-refractivity contribution in [2.45, 2.75) is 13.1 Å². The van der Waals surface area contributed by atoms with Crippen LogP contribution in [0.1, 0.15) is 0 Å². The fraction of sp³-hybridized carbons (Fsp3) is 0.0333. The Morgan fingerprint density at radius 1 is 0.270 bits per heavy atom. The quantitative estimate of drug-likeness (QED) is 0.143. The first-order chi connectivity index (χ1) is 31.0. The largest absolute Gasteiger partial charge is 0.228 e. The zero-order chi connectivity index (χ0) is 42.3. The van der Waals surface area contributed by atoms with Crippen molar-refractivity contribution in [3.63, 3.8) is 0 Å². The summed E-state index contributed by atoms with van der Waals surface area (Å²) in [6, 6.07) is 83.1. The molecular weight excluding hydrogens is 777 g/mol. The van der Waals surface area contributed by atoms with Gasteiger partial charge in [-0.1, -0.05) is 207 Å². The molecule has 0 fully saturated rings. The number of nitrogens with zero attached hydrogens (tertiary/aromatic N) is 2. The van der Waals surface area contributed by atoms with Crippen LogP contribution in [0.2, 0.25) is 13.1 Å². The highest BCUT2D eigenvalue weighted by Gasteiger charge is 2.41. The Hall–Kier alpha value is -7.72. The third-order valence-electron chi connectivity index (χ3n) is 12.6. The predicted octanol–water partition coefficient (Wildman–Crippen LogP) is 14.6. The van der Waals surface area contributed by atoms with Crippen LogP contribution in [0.25, 0.3) is 101 Å². The van der Waals surface area contributed by atoms with Gasteiger partial charge < -0.3 is 0 Å². The zero-order valence-corrected chi connectivity index (χ0v) is 36.3. The predicted molar refractivity (Wildman–Crippen MR) is 268 cm³/mol. The van der Waals surface area contributed by atoms with E-state index >= 15 is 0 Å². The topological polar surface area (TPSA) is 25.8 Å². The van der Waals surface area contributed by atoms with Crippen molar-refractivity contribution < 1.29 is 0 Å². The zero-order valence-electron chi connectivity index (χ0n) is 35.3. The van der Waals surface area contributed by atoms with Gasteiger partial charge in [-0.05, 0) is 119 Å². The standard InChI is InChI=1S/C60H44N2Si/c1-63(2)56-30-13-12-29-55(56)58-59(63)57(50-27-15-24-47(36-50)41-17-6-3-7-18-41)61-60(62-58)51-28-16-25-48(37-51)45-33-31-44(32-34-45)46-23-14-26-49(35-46)54-39-52(42-19-8-4-9-20-42)38-53(40-54)43-21-10-5-11-22-43/h3-40H,1-2H3. The van der Waals surface area contributed by atoms with Crippen LogP contribution in [0, 0.1) is 0 Å². The SMILES string of the molecule is C[Si]1(C)c2ccccc2-c2nc(-c3cccc(-c4ccc(-c5cccc(-c6cc(-c7ccccc7)cc(-c7ccccc7)c6)c5)cc4)c3)nc(-c3cccc(-c4ccccc4)c3)c21. The third kappa shape index (κ3) is 7.23. The molecule has 1 aliphatic heterocycles. The summed E-state index contributed by atoms with van der Waals surface area (Å²) < 4.78 is 0. The molecular formula is C60H44N2Si. The number of fused-ring (bicyclic) bond motifs is 3. The number of benzene rings is 9. The van der Waals surface area contributed by atoms with Gasteiger partial charge in [0.05, 0.1) is 11.4 Å². The molecule has 0 atom stereocenters. The van der Waals surface area contributed by atoms with Crippen LogP contribution in [0.3, 0.4) is 0 Å². The maximum atomic E-state index is 5.49. The number of hydrogen-bond acceptors (Lipinski definition) is 2. The molecule has 0 radical (unpaired) electrons. The van der Waals surface area contributed by atoms with Gasteiger partial charge in [-0.3, -0.25) is 0 Å². The molecule has 3 heteroatoms. The Morgan fingerprint density at radius 2 is 0.603 bits per heavy atom. The molecule has 298 valence electrons. The van der Waals surface area contributed by atoms with E-state index in [-0.39, 0.29) is 0 Å². The van der Waals surface area contributed by atoms with Crippen LogP contribution in [0.15, 0.2) is 231 Å². The number of hydrogen-bond donors (Lipinski definition) is 0. The van der Waals surface area contributed by atoms with E-state index in [0.29, 0.717) is 0 Å². The lowest BCUT2D eigenvalue weighted by Gasteiger charge is -2.22. The fourth-order valence-electron chi connectivity index (χ4n) is 9.39. The van der Waals surface area contributed by atoms with Gasteiger partial charge in [-0.15, -0.1) is 0 Å². The molecule has 0 N–H and O–H groups in total. The maximum Gasteiger partial charge on any atom is 0.160 e. The van der Waals surface area contributed by atoms with E-state index in [1.165, 1.54) is 71.6 Å². The van der Waals surface area contributed by atoms with Crippen LogP contribution in [0.4, 0.5) is 0 Å². The molecule has 1 aliphatic rings. The summed E-state index contributed by atoms with van der Waals surface area (Å²) in [5.41, 5.74) is 19.7. The fourth-order valence-corrected chi connectivity index (χ4v) is 12.6. The van der Waals surface area contributed by atoms with E-state index in [1.54, 1.807) is 0 Å². The summed E-state index contributed by atoms with van der Waals surface area (Å²) in [5.74, 6) is 0.748. The molecule has 0 bridgehead atoms. The van der Waals surface area contributed by atoms with Gasteiger partial charge in [0.25, 0.3) is 0 Å². The normalized spacial score (nSPS) is 12.4. The van der Waals surface area contributed by atoms with E-state index in [2.05, 4.69) is 244 Å². The Labute approximate surface area is 370 Å². The van der Waals surface area contributed by atoms with Crippen LogP contribution < -0.4 is 10.4 Å². The van der Waals surface area contributed by atoms with Crippen molar-refractivity contribution in [2.24, 2.45) is 0 Å². The summed E-state index contributed by atoms with van der Waals surface area (Å²) in [6.07, 6.45) is 0. The van der Waals surface area contributed by atoms with Gasteiger partial charge in [0, 0.05) is 11.1 Å². The molecule has 1 aromatic heterocycles. The molecule has 2 nitrogen and oxygen atoms in total. The van der Waals surface area contributed by atoms with Crippen molar-refractivity contribution in [3.8, 4) is 101 Å². The molecule has 2 heterocycles. The highest BCUT2D eigenvalue weighted by Crippen LogP contribution is 2.37. The Bertz CT molecular complexity index is 3230. The monoisotopic (exact) mass is 820 g/mol. The lowest BCUT2D eigenvalue weighted by molar-refractivity contribution is 1.20. The van der Waals surface area contributed by atoms with Crippen molar-refractivity contribution in [1.29, 1.82) is 0 Å². The second-order valence-electron chi connectivity index (χ2n) is 17.0. The van der Waals surface area contributed by atoms with Crippen LogP contribution in [-0.4, -0.2) is 18.0 Å². The van der Waals surface area contributed by atoms with Gasteiger partial charge in [0.2, 0.25) is 0 Å². The second kappa shape index (κ2) is 16.0. The minimum Gasteiger partial charge on any atom is -0.228 e. The molecule has 0 saturated carbocycles. The molecule has 0 spiro atoms. The molecule has 0 unspecified atom stereocenters. The van der Waals surface area contributed by atoms with Crippen LogP contribution in [0.5, 0.6) is 0 Å². The molecule has 11 rings (SSSR count). The first-order valence-corrected chi connectivity index (χ1v) is 24.7. The van der Waals surface area contributed by atoms with Gasteiger partial charge in [-0.2, -0.15) is 0 Å². The van der Waals surface area contributed by atoms with E-state index in [1.807, 2.05) is 0 Å². The van der Waals surface area contributed by atoms with Crippen molar-refractivity contribution in [1.82, 2.24) is 9.97 Å². The lowest BCUT2D eigenvalue weighted by atomic mass is 9.92. The molecule has 0 amide bonds. The highest BCUT2D eigenvalue weighted by molar-refractivity contribution is 7.04. The summed E-state index contributed by atoms with van der Waals surface area (Å²) in [4.78, 5) is 10.9. The Morgan fingerprint density at radius 3 is 1.14 bits per heavy atom. The van der Waals surface area contributed by atoms with Crippen LogP contribution in [-0.2, 0) is 0 Å². The lowest BCUT2D eigenvalue weighted by Crippen LogP contribution is -2.50. The summed E-state index contributed by atoms with van der Waals surface area (Å²) >= 11 is 0. The first kappa shape index (κ1) is 38.2. The highest BCUT2D eigenvalue weighted by atomic mass is 28.3. The third-order valence-corrected chi connectivity index (χ3v) is 16.2. The van der Waals surface area contributed by atoms with Gasteiger partial charge in [-0.25, -0.2) is 9.97 Å². The average Bonchev–Trinajstić information content (AvgIpc) is 3.60. The van der Waals surface area contributed by atoms with Gasteiger partial charge >= 0.3 is 0 Å². The minimum atomic E-state index is -2.11. The van der Waals surface area contributed by atoms with E-state index in [0.717, 1.165) is 39.5 Å². The molecule has 10 aromatic rings. The maximum absolute atomic E-state index is 5.49. The smallest absolute Gasteiger partial charge is 0.160 e. The van der Waals surface area contributed by atoms with E-state index in [9.17, 15) is 0 Å². The average molecular weight is 821 g/mol. The van der Waals surface area contributed by atoms with Crippen molar-refractivity contribution in [2.75, 3.05) is 0 Å². The van der Waals surface area contributed by atoms with Crippen molar-refractivity contribution in [3.05, 3.63) is 231 Å². The molecule has 0 saturated heterocycles. The second-order valence-corrected chi connectivity index (χ2v) is 21.3. The Kier molecular flexibility index (Phi) is 9.68. The molecule has 0 aliphatic carbocycles. The number of aromatic nitrogens is 2. The first-order valence-electron chi connectivity index (χ1n) is 21.7. The summed E-state index contributed by atoms with van der Waals surface area (Å²) in [6.45, 7) is 4.88. The van der Waals surface area contributed by atoms with E-state index in [4.69, 9.17) is 9.97 Å². The molecule has 63 heavy (non-hydrogen) atoms. The van der Waals surface area contributed by atoms with Gasteiger partial charge in [0.1, 0.15) is 8.07 Å². The van der Waals surface area contributed by atoms with E-state index < -0.39 is 8.07 Å². The number of rotatable bonds is 8.